The summed E-state index contributed by atoms with van der Waals surface area (Å²) in [6.07, 6.45) is 2.87. The number of benzene rings is 2. The van der Waals surface area contributed by atoms with Crippen molar-refractivity contribution in [2.45, 2.75) is 6.54 Å². The van der Waals surface area contributed by atoms with Crippen LogP contribution in [0.4, 0.5) is 5.69 Å². The van der Waals surface area contributed by atoms with E-state index in [4.69, 9.17) is 9.47 Å². The Bertz CT molecular complexity index is 816. The molecule has 3 rings (SSSR count). The van der Waals surface area contributed by atoms with E-state index < -0.39 is 4.92 Å². The summed E-state index contributed by atoms with van der Waals surface area (Å²) >= 11 is 0. The molecule has 0 radical (unpaired) electrons. The van der Waals surface area contributed by atoms with Gasteiger partial charge in [-0.05, 0) is 29.3 Å². The minimum absolute atomic E-state index is 0.0158. The second kappa shape index (κ2) is 6.82. The summed E-state index contributed by atoms with van der Waals surface area (Å²) in [5.74, 6) is 1.06. The third kappa shape index (κ3) is 3.70. The molecule has 0 bridgehead atoms. The first-order valence-electron chi connectivity index (χ1n) is 7.21. The number of nitrogens with one attached hydrogen (secondary N) is 1. The minimum Gasteiger partial charge on any atom is -0.454 e. The quantitative estimate of drug-likeness (QED) is 0.518. The maximum Gasteiger partial charge on any atom is 0.270 e. The summed E-state index contributed by atoms with van der Waals surface area (Å²) in [7, 11) is 0. The van der Waals surface area contributed by atoms with Gasteiger partial charge in [0.15, 0.2) is 11.5 Å². The molecule has 0 fully saturated rings. The minimum atomic E-state index is -0.475. The Hall–Kier alpha value is -3.35. The number of rotatable bonds is 5. The Morgan fingerprint density at radius 1 is 1.21 bits per heavy atom. The van der Waals surface area contributed by atoms with Gasteiger partial charge < -0.3 is 14.8 Å². The van der Waals surface area contributed by atoms with Crippen molar-refractivity contribution in [3.05, 3.63) is 69.8 Å². The first-order valence-corrected chi connectivity index (χ1v) is 7.21. The van der Waals surface area contributed by atoms with Gasteiger partial charge in [-0.1, -0.05) is 18.2 Å². The number of non-ortho nitro benzene ring substituents is 1. The van der Waals surface area contributed by atoms with Crippen LogP contribution in [0, 0.1) is 10.1 Å². The molecule has 0 aromatic heterocycles. The summed E-state index contributed by atoms with van der Waals surface area (Å²) in [6, 6.07) is 11.5. The van der Waals surface area contributed by atoms with E-state index in [2.05, 4.69) is 5.32 Å². The Balaban J connectivity index is 1.57. The molecule has 0 unspecified atom stereocenters. The molecule has 0 atom stereocenters. The van der Waals surface area contributed by atoms with Crippen LogP contribution >= 0.6 is 0 Å². The van der Waals surface area contributed by atoms with E-state index in [1.165, 1.54) is 24.3 Å². The molecular formula is C17H14N2O5. The lowest BCUT2D eigenvalue weighted by Gasteiger charge is -2.04. The fraction of sp³-hybridized carbons (Fsp3) is 0.118. The number of hydrogen-bond donors (Lipinski definition) is 1. The van der Waals surface area contributed by atoms with Crippen LogP contribution in [0.3, 0.4) is 0 Å². The predicted octanol–water partition coefficient (Wildman–Crippen LogP) is 2.65. The van der Waals surface area contributed by atoms with E-state index >= 15 is 0 Å². The van der Waals surface area contributed by atoms with Gasteiger partial charge in [-0.2, -0.15) is 0 Å². The van der Waals surface area contributed by atoms with Gasteiger partial charge in [0.25, 0.3) is 5.69 Å². The molecule has 122 valence electrons. The van der Waals surface area contributed by atoms with Crippen molar-refractivity contribution < 1.29 is 19.2 Å². The zero-order valence-corrected chi connectivity index (χ0v) is 12.6. The Morgan fingerprint density at radius 2 is 2.04 bits per heavy atom. The van der Waals surface area contributed by atoms with Crippen LogP contribution in [0.5, 0.6) is 11.5 Å². The normalized spacial score (nSPS) is 12.3. The van der Waals surface area contributed by atoms with Crippen molar-refractivity contribution >= 4 is 17.7 Å². The number of fused-ring (bicyclic) bond motifs is 1. The van der Waals surface area contributed by atoms with Gasteiger partial charge in [-0.3, -0.25) is 14.9 Å². The number of nitrogens with zero attached hydrogens (tertiary/aromatic N) is 1. The number of hydrogen-bond acceptors (Lipinski definition) is 5. The van der Waals surface area contributed by atoms with E-state index in [0.717, 1.165) is 5.56 Å². The number of carbonyl (C=O) groups is 1. The van der Waals surface area contributed by atoms with Crippen LogP contribution in [0.1, 0.15) is 11.1 Å². The average Bonchev–Trinajstić information content (AvgIpc) is 3.06. The molecule has 7 nitrogen and oxygen atoms in total. The molecule has 1 N–H and O–H groups in total. The van der Waals surface area contributed by atoms with E-state index in [1.54, 1.807) is 18.2 Å². The molecule has 1 aliphatic heterocycles. The molecule has 0 spiro atoms. The van der Waals surface area contributed by atoms with Gasteiger partial charge in [0.1, 0.15) is 0 Å². The molecule has 1 aliphatic rings. The van der Waals surface area contributed by atoms with Crippen LogP contribution in [0.15, 0.2) is 48.5 Å². The number of amides is 1. The number of ether oxygens (including phenoxy) is 2. The maximum absolute atomic E-state index is 11.9. The van der Waals surface area contributed by atoms with Crippen LogP contribution in [-0.2, 0) is 11.3 Å². The zero-order valence-electron chi connectivity index (χ0n) is 12.6. The third-order valence-corrected chi connectivity index (χ3v) is 3.41. The van der Waals surface area contributed by atoms with Crippen molar-refractivity contribution in [1.29, 1.82) is 0 Å². The predicted molar refractivity (Wildman–Crippen MR) is 86.5 cm³/mol. The average molecular weight is 326 g/mol. The SMILES string of the molecule is O=C(C=Cc1cccc([N+](=O)[O-])c1)NCc1ccc2c(c1)OCO2. The molecular weight excluding hydrogens is 312 g/mol. The van der Waals surface area contributed by atoms with Crippen LogP contribution < -0.4 is 14.8 Å². The fourth-order valence-corrected chi connectivity index (χ4v) is 2.21. The van der Waals surface area contributed by atoms with Crippen LogP contribution in [0.25, 0.3) is 6.08 Å². The summed E-state index contributed by atoms with van der Waals surface area (Å²) in [4.78, 5) is 22.1. The van der Waals surface area contributed by atoms with E-state index in [0.29, 0.717) is 23.6 Å². The highest BCUT2D eigenvalue weighted by molar-refractivity contribution is 5.91. The summed E-state index contributed by atoms with van der Waals surface area (Å²) in [6.45, 7) is 0.547. The topological polar surface area (TPSA) is 90.7 Å². The molecule has 0 saturated carbocycles. The van der Waals surface area contributed by atoms with Gasteiger partial charge in [0.2, 0.25) is 12.7 Å². The molecule has 7 heteroatoms. The first kappa shape index (κ1) is 15.5. The monoisotopic (exact) mass is 326 g/mol. The van der Waals surface area contributed by atoms with Crippen LogP contribution in [0.2, 0.25) is 0 Å². The molecule has 0 aliphatic carbocycles. The first-order chi connectivity index (χ1) is 11.6. The Labute approximate surface area is 137 Å². The summed E-state index contributed by atoms with van der Waals surface area (Å²) in [5.41, 5.74) is 1.46. The molecule has 0 saturated heterocycles. The lowest BCUT2D eigenvalue weighted by Crippen LogP contribution is -2.20. The number of nitro groups is 1. The summed E-state index contributed by atoms with van der Waals surface area (Å²) in [5, 5.41) is 13.5. The fourth-order valence-electron chi connectivity index (χ4n) is 2.21. The third-order valence-electron chi connectivity index (χ3n) is 3.41. The van der Waals surface area contributed by atoms with E-state index in [-0.39, 0.29) is 18.4 Å². The molecule has 24 heavy (non-hydrogen) atoms. The van der Waals surface area contributed by atoms with Gasteiger partial charge >= 0.3 is 0 Å². The van der Waals surface area contributed by atoms with Gasteiger partial charge in [0.05, 0.1) is 4.92 Å². The molecule has 1 heterocycles. The number of carbonyl (C=O) groups excluding carboxylic acids is 1. The van der Waals surface area contributed by atoms with Crippen molar-refractivity contribution in [2.75, 3.05) is 6.79 Å². The second-order valence-electron chi connectivity index (χ2n) is 5.09. The van der Waals surface area contributed by atoms with Crippen LogP contribution in [-0.4, -0.2) is 17.6 Å². The molecule has 1 amide bonds. The van der Waals surface area contributed by atoms with Crippen molar-refractivity contribution in [2.24, 2.45) is 0 Å². The van der Waals surface area contributed by atoms with Gasteiger partial charge in [-0.15, -0.1) is 0 Å². The largest absolute Gasteiger partial charge is 0.454 e. The smallest absolute Gasteiger partial charge is 0.270 e. The van der Waals surface area contributed by atoms with E-state index in [9.17, 15) is 14.9 Å². The van der Waals surface area contributed by atoms with Crippen molar-refractivity contribution in [3.63, 3.8) is 0 Å². The molecule has 2 aromatic carbocycles. The highest BCUT2D eigenvalue weighted by Gasteiger charge is 2.13. The lowest BCUT2D eigenvalue weighted by molar-refractivity contribution is -0.384. The van der Waals surface area contributed by atoms with Crippen molar-refractivity contribution in [3.8, 4) is 11.5 Å². The van der Waals surface area contributed by atoms with Crippen molar-refractivity contribution in [1.82, 2.24) is 5.32 Å². The van der Waals surface area contributed by atoms with Gasteiger partial charge in [-0.25, -0.2) is 0 Å². The highest BCUT2D eigenvalue weighted by atomic mass is 16.7. The standard InChI is InChI=1S/C17H14N2O5/c20-17(7-5-12-2-1-3-14(8-12)19(21)22)18-10-13-4-6-15-16(9-13)24-11-23-15/h1-9H,10-11H2,(H,18,20). The van der Waals surface area contributed by atoms with Gasteiger partial charge in [0, 0.05) is 24.8 Å². The second-order valence-corrected chi connectivity index (χ2v) is 5.09. The lowest BCUT2D eigenvalue weighted by atomic mass is 10.2. The Kier molecular flexibility index (Phi) is 4.42. The molecule has 2 aromatic rings. The number of nitro benzene ring substituents is 1. The van der Waals surface area contributed by atoms with E-state index in [1.807, 2.05) is 12.1 Å². The maximum atomic E-state index is 11.9. The summed E-state index contributed by atoms with van der Waals surface area (Å²) < 4.78 is 10.5. The highest BCUT2D eigenvalue weighted by Crippen LogP contribution is 2.32. The zero-order chi connectivity index (χ0) is 16.9. The Morgan fingerprint density at radius 3 is 2.88 bits per heavy atom.